The molecule has 1 fully saturated rings. The maximum Gasteiger partial charge on any atom is 0.340 e. The topological polar surface area (TPSA) is 50.4 Å². The molecular formula is C16H23ClN2O2. The normalized spacial score (nSPS) is 20.9. The fraction of sp³-hybridized carbons (Fsp3) is 0.562. The van der Waals surface area contributed by atoms with E-state index < -0.39 is 0 Å². The van der Waals surface area contributed by atoms with Gasteiger partial charge in [0.2, 0.25) is 0 Å². The van der Waals surface area contributed by atoms with Crippen LogP contribution in [0.5, 0.6) is 0 Å². The van der Waals surface area contributed by atoms with Crippen LogP contribution < -0.4 is 10.6 Å². The lowest BCUT2D eigenvalue weighted by Gasteiger charge is -2.36. The molecule has 0 spiro atoms. The van der Waals surface area contributed by atoms with E-state index >= 15 is 0 Å². The Morgan fingerprint density at radius 2 is 2.29 bits per heavy atom. The van der Waals surface area contributed by atoms with Gasteiger partial charge in [-0.3, -0.25) is 0 Å². The predicted octanol–water partition coefficient (Wildman–Crippen LogP) is 3.32. The number of halogens is 1. The highest BCUT2D eigenvalue weighted by molar-refractivity contribution is 6.31. The van der Waals surface area contributed by atoms with E-state index in [1.165, 1.54) is 13.5 Å². The highest BCUT2D eigenvalue weighted by Gasteiger charge is 2.27. The van der Waals surface area contributed by atoms with Crippen molar-refractivity contribution in [1.29, 1.82) is 0 Å². The molecule has 0 bridgehead atoms. The van der Waals surface area contributed by atoms with Crippen molar-refractivity contribution in [2.24, 2.45) is 5.41 Å². The second-order valence-corrected chi connectivity index (χ2v) is 6.77. The third-order valence-corrected chi connectivity index (χ3v) is 4.19. The van der Waals surface area contributed by atoms with Crippen molar-refractivity contribution in [3.63, 3.8) is 0 Å². The summed E-state index contributed by atoms with van der Waals surface area (Å²) in [7, 11) is 1.37. The molecule has 1 aliphatic heterocycles. The van der Waals surface area contributed by atoms with Crippen molar-refractivity contribution in [3.05, 3.63) is 28.8 Å². The van der Waals surface area contributed by atoms with Crippen LogP contribution in [0.2, 0.25) is 5.02 Å². The van der Waals surface area contributed by atoms with Crippen molar-refractivity contribution < 1.29 is 9.53 Å². The zero-order valence-corrected chi connectivity index (χ0v) is 13.6. The number of nitrogens with one attached hydrogen (secondary N) is 2. The molecule has 2 N–H and O–H groups in total. The molecule has 2 rings (SSSR count). The molecule has 1 atom stereocenters. The summed E-state index contributed by atoms with van der Waals surface area (Å²) in [5.74, 6) is -0.378. The summed E-state index contributed by atoms with van der Waals surface area (Å²) in [6.07, 6.45) is 2.30. The van der Waals surface area contributed by atoms with Crippen molar-refractivity contribution in [2.75, 3.05) is 25.5 Å². The fourth-order valence-electron chi connectivity index (χ4n) is 2.78. The van der Waals surface area contributed by atoms with Gasteiger partial charge in [0.05, 0.1) is 12.7 Å². The number of rotatable bonds is 4. The van der Waals surface area contributed by atoms with E-state index in [4.69, 9.17) is 16.3 Å². The Morgan fingerprint density at radius 3 is 2.95 bits per heavy atom. The molecule has 1 unspecified atom stereocenters. The number of carbonyl (C=O) groups excluding carboxylic acids is 1. The summed E-state index contributed by atoms with van der Waals surface area (Å²) in [6.45, 7) is 6.39. The number of esters is 1. The first-order chi connectivity index (χ1) is 9.91. The van der Waals surface area contributed by atoms with E-state index in [-0.39, 0.29) is 5.97 Å². The standard InChI is InChI=1S/C16H23ClN2O2/c1-16(2)6-7-18-12(9-16)10-19-14-5-4-11(17)8-13(14)15(20)21-3/h4-5,8,12,18-19H,6-7,9-10H2,1-3H3. The maximum absolute atomic E-state index is 11.8. The molecule has 116 valence electrons. The summed E-state index contributed by atoms with van der Waals surface area (Å²) in [6, 6.07) is 5.63. The monoisotopic (exact) mass is 310 g/mol. The summed E-state index contributed by atoms with van der Waals surface area (Å²) < 4.78 is 4.80. The van der Waals surface area contributed by atoms with Gasteiger partial charge in [0.15, 0.2) is 0 Å². The Bertz CT molecular complexity index is 517. The first kappa shape index (κ1) is 16.1. The summed E-state index contributed by atoms with van der Waals surface area (Å²) in [4.78, 5) is 11.8. The average Bonchev–Trinajstić information content (AvgIpc) is 2.44. The van der Waals surface area contributed by atoms with Crippen molar-refractivity contribution >= 4 is 23.3 Å². The smallest absolute Gasteiger partial charge is 0.340 e. The molecule has 4 nitrogen and oxygen atoms in total. The SMILES string of the molecule is COC(=O)c1cc(Cl)ccc1NCC1CC(C)(C)CCN1. The highest BCUT2D eigenvalue weighted by atomic mass is 35.5. The molecule has 1 aromatic rings. The van der Waals surface area contributed by atoms with Gasteiger partial charge in [-0.1, -0.05) is 25.4 Å². The lowest BCUT2D eigenvalue weighted by atomic mass is 9.80. The molecule has 0 saturated carbocycles. The van der Waals surface area contributed by atoms with Crippen LogP contribution in [-0.2, 0) is 4.74 Å². The largest absolute Gasteiger partial charge is 0.465 e. The third-order valence-electron chi connectivity index (χ3n) is 3.96. The van der Waals surface area contributed by atoms with Crippen LogP contribution in [0.1, 0.15) is 37.0 Å². The molecule has 1 saturated heterocycles. The van der Waals surface area contributed by atoms with Gasteiger partial charge in [-0.15, -0.1) is 0 Å². The molecule has 1 heterocycles. The van der Waals surface area contributed by atoms with Crippen LogP contribution in [0, 0.1) is 5.41 Å². The van der Waals surface area contributed by atoms with Crippen LogP contribution in [0.3, 0.4) is 0 Å². The predicted molar refractivity (Wildman–Crippen MR) is 86.1 cm³/mol. The molecule has 0 aromatic heterocycles. The molecule has 1 aliphatic rings. The van der Waals surface area contributed by atoms with Crippen LogP contribution in [-0.4, -0.2) is 32.2 Å². The van der Waals surface area contributed by atoms with Crippen molar-refractivity contribution in [2.45, 2.75) is 32.7 Å². The molecule has 0 radical (unpaired) electrons. The van der Waals surface area contributed by atoms with Crippen LogP contribution in [0.25, 0.3) is 0 Å². The summed E-state index contributed by atoms with van der Waals surface area (Å²) >= 11 is 5.96. The quantitative estimate of drug-likeness (QED) is 0.838. The Kier molecular flexibility index (Phi) is 5.12. The zero-order chi connectivity index (χ0) is 15.5. The van der Waals surface area contributed by atoms with E-state index in [0.29, 0.717) is 22.0 Å². The van der Waals surface area contributed by atoms with E-state index in [2.05, 4.69) is 24.5 Å². The van der Waals surface area contributed by atoms with E-state index in [1.807, 2.05) is 6.07 Å². The van der Waals surface area contributed by atoms with Gasteiger partial charge in [0.1, 0.15) is 0 Å². The lowest BCUT2D eigenvalue weighted by Crippen LogP contribution is -2.45. The Labute approximate surface area is 131 Å². The molecule has 5 heteroatoms. The van der Waals surface area contributed by atoms with Gasteiger partial charge in [-0.25, -0.2) is 4.79 Å². The zero-order valence-electron chi connectivity index (χ0n) is 12.8. The molecule has 0 aliphatic carbocycles. The van der Waals surface area contributed by atoms with E-state index in [1.54, 1.807) is 12.1 Å². The minimum atomic E-state index is -0.378. The number of ether oxygens (including phenoxy) is 1. The van der Waals surface area contributed by atoms with Crippen LogP contribution in [0.15, 0.2) is 18.2 Å². The second-order valence-electron chi connectivity index (χ2n) is 6.33. The number of hydrogen-bond acceptors (Lipinski definition) is 4. The Hall–Kier alpha value is -1.26. The number of carbonyl (C=O) groups is 1. The lowest BCUT2D eigenvalue weighted by molar-refractivity contribution is 0.0601. The number of hydrogen-bond donors (Lipinski definition) is 2. The number of benzene rings is 1. The Balaban J connectivity index is 2.04. The van der Waals surface area contributed by atoms with Crippen LogP contribution in [0.4, 0.5) is 5.69 Å². The second kappa shape index (κ2) is 6.67. The van der Waals surface area contributed by atoms with Gasteiger partial charge >= 0.3 is 5.97 Å². The number of methoxy groups -OCH3 is 1. The molecule has 1 aromatic carbocycles. The molecule has 21 heavy (non-hydrogen) atoms. The number of piperidine rings is 1. The van der Waals surface area contributed by atoms with E-state index in [9.17, 15) is 4.79 Å². The Morgan fingerprint density at radius 1 is 1.52 bits per heavy atom. The van der Waals surface area contributed by atoms with E-state index in [0.717, 1.165) is 25.2 Å². The van der Waals surface area contributed by atoms with Crippen molar-refractivity contribution in [1.82, 2.24) is 5.32 Å². The van der Waals surface area contributed by atoms with Crippen molar-refractivity contribution in [3.8, 4) is 0 Å². The van der Waals surface area contributed by atoms with Gasteiger partial charge < -0.3 is 15.4 Å². The minimum absolute atomic E-state index is 0.364. The molecular weight excluding hydrogens is 288 g/mol. The fourth-order valence-corrected chi connectivity index (χ4v) is 2.96. The summed E-state index contributed by atoms with van der Waals surface area (Å²) in [5.41, 5.74) is 1.60. The van der Waals surface area contributed by atoms with Gasteiger partial charge in [0, 0.05) is 23.3 Å². The first-order valence-corrected chi connectivity index (χ1v) is 7.64. The minimum Gasteiger partial charge on any atom is -0.465 e. The summed E-state index contributed by atoms with van der Waals surface area (Å²) in [5, 5.41) is 7.38. The average molecular weight is 311 g/mol. The van der Waals surface area contributed by atoms with Gasteiger partial charge in [-0.2, -0.15) is 0 Å². The van der Waals surface area contributed by atoms with Crippen LogP contribution >= 0.6 is 11.6 Å². The first-order valence-electron chi connectivity index (χ1n) is 7.26. The number of anilines is 1. The highest BCUT2D eigenvalue weighted by Crippen LogP contribution is 2.30. The van der Waals surface area contributed by atoms with Gasteiger partial charge in [-0.05, 0) is 43.0 Å². The molecule has 0 amide bonds. The maximum atomic E-state index is 11.8. The third kappa shape index (κ3) is 4.35. The van der Waals surface area contributed by atoms with Gasteiger partial charge in [0.25, 0.3) is 0 Å².